The molecule has 29 heavy (non-hydrogen) atoms. The molecular weight excluding hydrogens is 382 g/mol. The third kappa shape index (κ3) is 3.85. The Morgan fingerprint density at radius 1 is 1.21 bits per heavy atom. The standard InChI is InChI=1S/C23H23N3O2S/c1-3-13-26-22(28)19-10-6-7-11-20(19)24-23(26)29-16(2)21(27)25-14-12-17-8-4-5-9-18(17)15-25/h3-11,16H,1,12-15H2,2H3/t16-/m0/s1. The molecule has 0 saturated carbocycles. The van der Waals surface area contributed by atoms with Gasteiger partial charge < -0.3 is 4.90 Å². The summed E-state index contributed by atoms with van der Waals surface area (Å²) in [6.45, 7) is 7.34. The summed E-state index contributed by atoms with van der Waals surface area (Å²) < 4.78 is 1.59. The van der Waals surface area contributed by atoms with E-state index in [0.29, 0.717) is 35.7 Å². The number of amides is 1. The first-order valence-corrected chi connectivity index (χ1v) is 10.6. The van der Waals surface area contributed by atoms with Gasteiger partial charge >= 0.3 is 0 Å². The predicted molar refractivity (Wildman–Crippen MR) is 117 cm³/mol. The van der Waals surface area contributed by atoms with E-state index in [9.17, 15) is 9.59 Å². The second-order valence-electron chi connectivity index (χ2n) is 7.15. The Hall–Kier alpha value is -2.86. The fourth-order valence-electron chi connectivity index (χ4n) is 3.68. The van der Waals surface area contributed by atoms with Crippen molar-refractivity contribution in [1.82, 2.24) is 14.5 Å². The summed E-state index contributed by atoms with van der Waals surface area (Å²) in [6, 6.07) is 15.6. The normalized spacial score (nSPS) is 14.4. The number of hydrogen-bond acceptors (Lipinski definition) is 4. The molecule has 0 saturated heterocycles. The maximum absolute atomic E-state index is 13.1. The van der Waals surface area contributed by atoms with Crippen molar-refractivity contribution in [2.45, 2.75) is 36.8 Å². The number of carbonyl (C=O) groups is 1. The maximum atomic E-state index is 13.1. The molecule has 2 heterocycles. The van der Waals surface area contributed by atoms with Crippen molar-refractivity contribution >= 4 is 28.6 Å². The van der Waals surface area contributed by atoms with Crippen LogP contribution in [0.3, 0.4) is 0 Å². The zero-order chi connectivity index (χ0) is 20.4. The molecule has 0 radical (unpaired) electrons. The summed E-state index contributed by atoms with van der Waals surface area (Å²) in [5, 5.41) is 0.779. The first-order valence-electron chi connectivity index (χ1n) is 9.71. The van der Waals surface area contributed by atoms with Crippen LogP contribution >= 0.6 is 11.8 Å². The van der Waals surface area contributed by atoms with Crippen LogP contribution in [-0.2, 0) is 24.3 Å². The molecular formula is C23H23N3O2S. The van der Waals surface area contributed by atoms with Crippen molar-refractivity contribution in [3.05, 3.63) is 82.7 Å². The average molecular weight is 406 g/mol. The molecule has 0 N–H and O–H groups in total. The molecule has 3 aromatic rings. The minimum Gasteiger partial charge on any atom is -0.337 e. The topological polar surface area (TPSA) is 55.2 Å². The molecule has 1 aliphatic heterocycles. The Labute approximate surface area is 174 Å². The van der Waals surface area contributed by atoms with Crippen molar-refractivity contribution in [3.63, 3.8) is 0 Å². The van der Waals surface area contributed by atoms with E-state index in [1.165, 1.54) is 22.9 Å². The van der Waals surface area contributed by atoms with Gasteiger partial charge in [-0.25, -0.2) is 4.98 Å². The number of thioether (sulfide) groups is 1. The summed E-state index contributed by atoms with van der Waals surface area (Å²) in [6.07, 6.45) is 2.55. The largest absolute Gasteiger partial charge is 0.337 e. The highest BCUT2D eigenvalue weighted by molar-refractivity contribution is 8.00. The zero-order valence-electron chi connectivity index (χ0n) is 16.4. The van der Waals surface area contributed by atoms with Gasteiger partial charge in [0.05, 0.1) is 16.2 Å². The Kier molecular flexibility index (Phi) is 5.53. The van der Waals surface area contributed by atoms with Crippen molar-refractivity contribution in [3.8, 4) is 0 Å². The minimum atomic E-state index is -0.343. The molecule has 1 amide bonds. The van der Waals surface area contributed by atoms with Crippen LogP contribution in [0.1, 0.15) is 18.1 Å². The van der Waals surface area contributed by atoms with Crippen LogP contribution < -0.4 is 5.56 Å². The van der Waals surface area contributed by atoms with Gasteiger partial charge in [0.2, 0.25) is 5.91 Å². The number of fused-ring (bicyclic) bond motifs is 2. The van der Waals surface area contributed by atoms with Gasteiger partial charge in [0.1, 0.15) is 0 Å². The Bertz CT molecular complexity index is 1140. The van der Waals surface area contributed by atoms with Gasteiger partial charge in [-0.05, 0) is 36.6 Å². The molecule has 5 nitrogen and oxygen atoms in total. The highest BCUT2D eigenvalue weighted by atomic mass is 32.2. The smallest absolute Gasteiger partial charge is 0.262 e. The lowest BCUT2D eigenvalue weighted by molar-refractivity contribution is -0.131. The van der Waals surface area contributed by atoms with Crippen LogP contribution in [0, 0.1) is 0 Å². The maximum Gasteiger partial charge on any atom is 0.262 e. The third-order valence-corrected chi connectivity index (χ3v) is 6.29. The van der Waals surface area contributed by atoms with Crippen LogP contribution in [0.4, 0.5) is 0 Å². The first kappa shape index (κ1) is 19.5. The number of benzene rings is 2. The molecule has 4 rings (SSSR count). The van der Waals surface area contributed by atoms with Crippen LogP contribution in [0.25, 0.3) is 10.9 Å². The molecule has 1 aromatic heterocycles. The quantitative estimate of drug-likeness (QED) is 0.369. The van der Waals surface area contributed by atoms with E-state index in [-0.39, 0.29) is 16.7 Å². The second-order valence-corrected chi connectivity index (χ2v) is 8.46. The van der Waals surface area contributed by atoms with Crippen molar-refractivity contribution in [2.24, 2.45) is 0 Å². The molecule has 6 heteroatoms. The Morgan fingerprint density at radius 2 is 1.93 bits per heavy atom. The van der Waals surface area contributed by atoms with Gasteiger partial charge in [0, 0.05) is 19.6 Å². The van der Waals surface area contributed by atoms with Crippen LogP contribution in [0.2, 0.25) is 0 Å². The van der Waals surface area contributed by atoms with Crippen molar-refractivity contribution in [1.29, 1.82) is 0 Å². The lowest BCUT2D eigenvalue weighted by Crippen LogP contribution is -2.40. The van der Waals surface area contributed by atoms with Crippen LogP contribution in [0.15, 0.2) is 71.1 Å². The minimum absolute atomic E-state index is 0.0667. The summed E-state index contributed by atoms with van der Waals surface area (Å²) in [4.78, 5) is 32.6. The lowest BCUT2D eigenvalue weighted by Gasteiger charge is -2.30. The zero-order valence-corrected chi connectivity index (χ0v) is 17.2. The average Bonchev–Trinajstić information content (AvgIpc) is 2.75. The molecule has 2 aromatic carbocycles. The molecule has 0 spiro atoms. The number of nitrogens with zero attached hydrogens (tertiary/aromatic N) is 3. The number of aromatic nitrogens is 2. The van der Waals surface area contributed by atoms with Crippen molar-refractivity contribution < 1.29 is 4.79 Å². The number of rotatable bonds is 5. The fourth-order valence-corrected chi connectivity index (χ4v) is 4.68. The highest BCUT2D eigenvalue weighted by Gasteiger charge is 2.26. The van der Waals surface area contributed by atoms with E-state index in [1.54, 1.807) is 16.7 Å². The lowest BCUT2D eigenvalue weighted by atomic mass is 10.00. The summed E-state index contributed by atoms with van der Waals surface area (Å²) in [5.74, 6) is 0.0667. The predicted octanol–water partition coefficient (Wildman–Crippen LogP) is 3.65. The fraction of sp³-hybridized carbons (Fsp3) is 0.261. The van der Waals surface area contributed by atoms with E-state index >= 15 is 0 Å². The molecule has 0 fully saturated rings. The number of para-hydroxylation sites is 1. The van der Waals surface area contributed by atoms with Crippen molar-refractivity contribution in [2.75, 3.05) is 6.54 Å². The van der Waals surface area contributed by atoms with Crippen LogP contribution in [-0.4, -0.2) is 32.2 Å². The molecule has 0 unspecified atom stereocenters. The Balaban J connectivity index is 1.59. The third-order valence-electron chi connectivity index (χ3n) is 5.21. The summed E-state index contributed by atoms with van der Waals surface area (Å²) in [5.41, 5.74) is 3.06. The first-order chi connectivity index (χ1) is 14.1. The van der Waals surface area contributed by atoms with E-state index in [1.807, 2.05) is 42.2 Å². The van der Waals surface area contributed by atoms with Gasteiger partial charge in [-0.15, -0.1) is 6.58 Å². The number of allylic oxidation sites excluding steroid dienone is 1. The van der Waals surface area contributed by atoms with Gasteiger partial charge in [-0.2, -0.15) is 0 Å². The highest BCUT2D eigenvalue weighted by Crippen LogP contribution is 2.26. The van der Waals surface area contributed by atoms with E-state index in [0.717, 1.165) is 6.42 Å². The molecule has 0 aliphatic carbocycles. The number of carbonyl (C=O) groups excluding carboxylic acids is 1. The number of hydrogen-bond donors (Lipinski definition) is 0. The van der Waals surface area contributed by atoms with Gasteiger partial charge in [0.15, 0.2) is 5.16 Å². The monoisotopic (exact) mass is 405 g/mol. The second kappa shape index (κ2) is 8.25. The van der Waals surface area contributed by atoms with Gasteiger partial charge in [-0.3, -0.25) is 14.2 Å². The Morgan fingerprint density at radius 3 is 2.72 bits per heavy atom. The summed E-state index contributed by atoms with van der Waals surface area (Å²) >= 11 is 1.34. The van der Waals surface area contributed by atoms with Gasteiger partial charge in [0.25, 0.3) is 5.56 Å². The molecule has 148 valence electrons. The molecule has 1 atom stereocenters. The van der Waals surface area contributed by atoms with E-state index < -0.39 is 0 Å². The molecule has 1 aliphatic rings. The SMILES string of the molecule is C=CCn1c(S[C@@H](C)C(=O)N2CCc3ccccc3C2)nc2ccccc2c1=O. The van der Waals surface area contributed by atoms with E-state index in [2.05, 4.69) is 23.7 Å². The van der Waals surface area contributed by atoms with Crippen LogP contribution in [0.5, 0.6) is 0 Å². The van der Waals surface area contributed by atoms with Gasteiger partial charge in [-0.1, -0.05) is 54.2 Å². The summed E-state index contributed by atoms with van der Waals surface area (Å²) in [7, 11) is 0. The van der Waals surface area contributed by atoms with E-state index in [4.69, 9.17) is 0 Å². The molecule has 0 bridgehead atoms.